The highest BCUT2D eigenvalue weighted by molar-refractivity contribution is 6.31. The average molecular weight is 265 g/mol. The molecule has 0 heterocycles. The Labute approximate surface area is 113 Å². The lowest BCUT2D eigenvalue weighted by Gasteiger charge is -2.30. The lowest BCUT2D eigenvalue weighted by Crippen LogP contribution is -2.27. The van der Waals surface area contributed by atoms with E-state index in [4.69, 9.17) is 14.9 Å². The molecule has 1 rings (SSSR count). The molecule has 2 N–H and O–H groups in total. The predicted molar refractivity (Wildman–Crippen MR) is 77.0 cm³/mol. The molecule has 0 fully saturated rings. The molecule has 3 nitrogen and oxygen atoms in total. The smallest absolute Gasteiger partial charge is 0.236 e. The Hall–Kier alpha value is -1.00. The number of benzene rings is 1. The van der Waals surface area contributed by atoms with E-state index in [0.717, 1.165) is 5.56 Å². The molecule has 0 bridgehead atoms. The molecule has 18 heavy (non-hydrogen) atoms. The fourth-order valence-electron chi connectivity index (χ4n) is 1.43. The second kappa shape index (κ2) is 5.32. The number of ether oxygens (including phenoxy) is 1. The van der Waals surface area contributed by atoms with Crippen molar-refractivity contribution in [2.45, 2.75) is 45.3 Å². The van der Waals surface area contributed by atoms with Gasteiger partial charge in [0.1, 0.15) is 5.75 Å². The zero-order valence-electron chi connectivity index (χ0n) is 12.1. The molecule has 0 unspecified atom stereocenters. The van der Waals surface area contributed by atoms with Crippen molar-refractivity contribution in [2.75, 3.05) is 12.8 Å². The van der Waals surface area contributed by atoms with E-state index < -0.39 is 0 Å². The maximum absolute atomic E-state index is 6.05. The fraction of sp³-hybridized carbons (Fsp3) is 0.571. The minimum absolute atomic E-state index is 0.176. The van der Waals surface area contributed by atoms with Crippen LogP contribution in [0, 0.1) is 0 Å². The van der Waals surface area contributed by atoms with Crippen molar-refractivity contribution in [2.24, 2.45) is 0 Å². The molecule has 0 amide bonds. The van der Waals surface area contributed by atoms with Gasteiger partial charge in [-0.1, -0.05) is 26.8 Å². The quantitative estimate of drug-likeness (QED) is 0.670. The van der Waals surface area contributed by atoms with Gasteiger partial charge in [-0.25, -0.2) is 0 Å². The monoisotopic (exact) mass is 265 g/mol. The van der Waals surface area contributed by atoms with Crippen molar-refractivity contribution in [3.05, 3.63) is 23.8 Å². The van der Waals surface area contributed by atoms with Gasteiger partial charge in [0.2, 0.25) is 9.76 Å². The van der Waals surface area contributed by atoms with Gasteiger partial charge in [-0.15, -0.1) is 0 Å². The van der Waals surface area contributed by atoms with Crippen molar-refractivity contribution in [3.8, 4) is 5.75 Å². The normalized spacial score (nSPS) is 12.6. The third-order valence-corrected chi connectivity index (χ3v) is 3.77. The first-order valence-electron chi connectivity index (χ1n) is 6.05. The van der Waals surface area contributed by atoms with Crippen LogP contribution < -0.4 is 10.5 Å². The molecule has 1 aromatic carbocycles. The Bertz CT molecular complexity index is 411. The summed E-state index contributed by atoms with van der Waals surface area (Å²) in [5, 5.41) is 0.176. The average Bonchev–Trinajstić information content (AvgIpc) is 2.26. The van der Waals surface area contributed by atoms with E-state index >= 15 is 0 Å². The highest BCUT2D eigenvalue weighted by atomic mass is 28.2. The van der Waals surface area contributed by atoms with Crippen LogP contribution in [0.5, 0.6) is 5.75 Å². The second-order valence-electron chi connectivity index (χ2n) is 5.92. The zero-order valence-corrected chi connectivity index (χ0v) is 13.1. The molecule has 0 aromatic heterocycles. The Balaban J connectivity index is 2.90. The molecular weight excluding hydrogens is 242 g/mol. The number of rotatable bonds is 4. The second-order valence-corrected chi connectivity index (χ2v) is 7.83. The summed E-state index contributed by atoms with van der Waals surface area (Å²) in [5.74, 6) is 0.697. The van der Waals surface area contributed by atoms with Crippen LogP contribution in [0.1, 0.15) is 40.2 Å². The van der Waals surface area contributed by atoms with E-state index in [2.05, 4.69) is 34.6 Å². The maximum Gasteiger partial charge on any atom is 0.236 e. The van der Waals surface area contributed by atoms with Gasteiger partial charge in [-0.05, 0) is 36.6 Å². The van der Waals surface area contributed by atoms with Crippen molar-refractivity contribution in [3.63, 3.8) is 0 Å². The van der Waals surface area contributed by atoms with Gasteiger partial charge >= 0.3 is 0 Å². The maximum atomic E-state index is 6.05. The molecule has 0 saturated heterocycles. The molecule has 0 atom stereocenters. The SMILES string of the molecule is COc1cc(C(C)(C)O[Si]C(C)(C)C)ccc1N. The van der Waals surface area contributed by atoms with Crippen LogP contribution in [0.2, 0.25) is 5.04 Å². The van der Waals surface area contributed by atoms with Crippen molar-refractivity contribution in [1.82, 2.24) is 0 Å². The lowest BCUT2D eigenvalue weighted by molar-refractivity contribution is 0.109. The summed E-state index contributed by atoms with van der Waals surface area (Å²) < 4.78 is 11.3. The number of hydrogen-bond acceptors (Lipinski definition) is 3. The minimum atomic E-state index is -0.341. The molecule has 0 spiro atoms. The molecular formula is C14H23NO2Si. The number of hydrogen-bond donors (Lipinski definition) is 1. The van der Waals surface area contributed by atoms with Crippen LogP contribution in [-0.4, -0.2) is 16.9 Å². The highest BCUT2D eigenvalue weighted by Gasteiger charge is 2.26. The summed E-state index contributed by atoms with van der Waals surface area (Å²) in [6.45, 7) is 10.6. The Morgan fingerprint density at radius 1 is 1.11 bits per heavy atom. The summed E-state index contributed by atoms with van der Waals surface area (Å²) in [7, 11) is 2.07. The van der Waals surface area contributed by atoms with Gasteiger partial charge in [0.25, 0.3) is 0 Å². The fourth-order valence-corrected chi connectivity index (χ4v) is 2.10. The Morgan fingerprint density at radius 2 is 1.72 bits per heavy atom. The van der Waals surface area contributed by atoms with E-state index in [1.165, 1.54) is 0 Å². The number of anilines is 1. The van der Waals surface area contributed by atoms with E-state index in [9.17, 15) is 0 Å². The third-order valence-electron chi connectivity index (χ3n) is 2.54. The largest absolute Gasteiger partial charge is 0.495 e. The molecule has 0 aliphatic rings. The van der Waals surface area contributed by atoms with Gasteiger partial charge in [-0.2, -0.15) is 0 Å². The van der Waals surface area contributed by atoms with Gasteiger partial charge in [0.05, 0.1) is 18.4 Å². The van der Waals surface area contributed by atoms with Gasteiger partial charge in [-0.3, -0.25) is 0 Å². The summed E-state index contributed by atoms with van der Waals surface area (Å²) >= 11 is 0. The first kappa shape index (κ1) is 15.1. The number of nitrogen functional groups attached to an aromatic ring is 1. The Kier molecular flexibility index (Phi) is 4.45. The standard InChI is InChI=1S/C14H23NO2Si/c1-13(2,3)18-17-14(4,5)10-7-8-11(15)12(9-10)16-6/h7-9H,15H2,1-6H3. The first-order valence-corrected chi connectivity index (χ1v) is 6.96. The van der Waals surface area contributed by atoms with Crippen LogP contribution in [0.3, 0.4) is 0 Å². The highest BCUT2D eigenvalue weighted by Crippen LogP contribution is 2.33. The summed E-state index contributed by atoms with van der Waals surface area (Å²) in [4.78, 5) is 0. The summed E-state index contributed by atoms with van der Waals surface area (Å²) in [6.07, 6.45) is 0. The topological polar surface area (TPSA) is 44.5 Å². The molecule has 0 aliphatic heterocycles. The molecule has 4 heteroatoms. The van der Waals surface area contributed by atoms with Gasteiger partial charge < -0.3 is 14.9 Å². The van der Waals surface area contributed by atoms with E-state index in [0.29, 0.717) is 21.2 Å². The van der Waals surface area contributed by atoms with Gasteiger partial charge in [0, 0.05) is 0 Å². The van der Waals surface area contributed by atoms with Crippen LogP contribution in [-0.2, 0) is 10.0 Å². The van der Waals surface area contributed by atoms with Crippen LogP contribution in [0.15, 0.2) is 18.2 Å². The van der Waals surface area contributed by atoms with E-state index in [-0.39, 0.29) is 10.6 Å². The first-order chi connectivity index (χ1) is 8.15. The van der Waals surface area contributed by atoms with Crippen LogP contribution in [0.4, 0.5) is 5.69 Å². The van der Waals surface area contributed by atoms with Crippen LogP contribution in [0.25, 0.3) is 0 Å². The van der Waals surface area contributed by atoms with E-state index in [1.807, 2.05) is 18.2 Å². The van der Waals surface area contributed by atoms with Crippen molar-refractivity contribution < 1.29 is 9.16 Å². The Morgan fingerprint density at radius 3 is 2.22 bits per heavy atom. The molecule has 0 saturated carbocycles. The molecule has 1 aromatic rings. The third kappa shape index (κ3) is 4.03. The van der Waals surface area contributed by atoms with Crippen molar-refractivity contribution in [1.29, 1.82) is 0 Å². The van der Waals surface area contributed by atoms with Crippen molar-refractivity contribution >= 4 is 15.5 Å². The predicted octanol–water partition coefficient (Wildman–Crippen LogP) is 3.37. The zero-order chi connectivity index (χ0) is 14.0. The van der Waals surface area contributed by atoms with E-state index in [1.54, 1.807) is 7.11 Å². The molecule has 2 radical (unpaired) electrons. The lowest BCUT2D eigenvalue weighted by atomic mass is 9.98. The minimum Gasteiger partial charge on any atom is -0.495 e. The molecule has 100 valence electrons. The van der Waals surface area contributed by atoms with Crippen LogP contribution >= 0.6 is 0 Å². The molecule has 0 aliphatic carbocycles. The summed E-state index contributed by atoms with van der Waals surface area (Å²) in [5.41, 5.74) is 7.20. The number of nitrogens with two attached hydrogens (primary N) is 1. The summed E-state index contributed by atoms with van der Waals surface area (Å²) in [6, 6.07) is 5.80. The van der Waals surface area contributed by atoms with Gasteiger partial charge in [0.15, 0.2) is 0 Å². The number of methoxy groups -OCH3 is 1.